The minimum atomic E-state index is 0.334. The molecule has 1 fully saturated rings. The van der Waals surface area contributed by atoms with Gasteiger partial charge in [-0.25, -0.2) is 0 Å². The molecule has 24 heavy (non-hydrogen) atoms. The zero-order valence-electron chi connectivity index (χ0n) is 15.2. The van der Waals surface area contributed by atoms with E-state index in [2.05, 4.69) is 32.6 Å². The minimum absolute atomic E-state index is 0.334. The summed E-state index contributed by atoms with van der Waals surface area (Å²) in [5.41, 5.74) is 2.28. The SMILES string of the molecule is CCC1Cc2c(oc3ccc(O)cc23)C2CC(C)CN1C2C(C)C. The van der Waals surface area contributed by atoms with Gasteiger partial charge >= 0.3 is 0 Å². The number of rotatable bonds is 2. The molecular formula is C21H29NO2. The number of nitrogens with zero attached hydrogens (tertiary/aromatic N) is 1. The van der Waals surface area contributed by atoms with Gasteiger partial charge in [0.15, 0.2) is 0 Å². The summed E-state index contributed by atoms with van der Waals surface area (Å²) in [6.45, 7) is 10.6. The predicted octanol–water partition coefficient (Wildman–Crippen LogP) is 4.92. The van der Waals surface area contributed by atoms with Crippen molar-refractivity contribution in [1.29, 1.82) is 0 Å². The standard InChI is InChI=1S/C21H29NO2/c1-5-14-9-17-16-10-15(23)6-7-19(16)24-21(17)18-8-13(4)11-22(14)20(18)12(2)3/h6-7,10,12-14,18,20,23H,5,8-9,11H2,1-4H3. The van der Waals surface area contributed by atoms with Crippen molar-refractivity contribution in [3.63, 3.8) is 0 Å². The predicted molar refractivity (Wildman–Crippen MR) is 97.5 cm³/mol. The van der Waals surface area contributed by atoms with Crippen LogP contribution in [0.3, 0.4) is 0 Å². The molecule has 0 aliphatic carbocycles. The number of piperidine rings is 1. The Kier molecular flexibility index (Phi) is 3.87. The molecule has 3 heterocycles. The van der Waals surface area contributed by atoms with Gasteiger partial charge in [-0.3, -0.25) is 4.90 Å². The lowest BCUT2D eigenvalue weighted by molar-refractivity contribution is 0.0260. The van der Waals surface area contributed by atoms with Crippen LogP contribution in [0.25, 0.3) is 11.0 Å². The van der Waals surface area contributed by atoms with Gasteiger partial charge in [-0.1, -0.05) is 27.7 Å². The van der Waals surface area contributed by atoms with E-state index in [1.807, 2.05) is 12.1 Å². The van der Waals surface area contributed by atoms with Crippen molar-refractivity contribution in [3.8, 4) is 5.75 Å². The first kappa shape index (κ1) is 16.0. The summed E-state index contributed by atoms with van der Waals surface area (Å²) in [4.78, 5) is 2.77. The molecule has 0 saturated carbocycles. The molecule has 2 aromatic rings. The first-order valence-corrected chi connectivity index (χ1v) is 9.49. The van der Waals surface area contributed by atoms with Crippen molar-refractivity contribution >= 4 is 11.0 Å². The molecule has 1 saturated heterocycles. The van der Waals surface area contributed by atoms with Crippen molar-refractivity contribution in [1.82, 2.24) is 4.90 Å². The van der Waals surface area contributed by atoms with Crippen LogP contribution in [0.5, 0.6) is 5.75 Å². The fourth-order valence-electron chi connectivity index (χ4n) is 5.26. The van der Waals surface area contributed by atoms with E-state index in [0.717, 1.165) is 23.8 Å². The number of hydrogen-bond donors (Lipinski definition) is 1. The summed E-state index contributed by atoms with van der Waals surface area (Å²) >= 11 is 0. The molecule has 1 aromatic carbocycles. The van der Waals surface area contributed by atoms with Gasteiger partial charge in [0, 0.05) is 35.5 Å². The first-order chi connectivity index (χ1) is 11.5. The van der Waals surface area contributed by atoms with E-state index in [-0.39, 0.29) is 0 Å². The van der Waals surface area contributed by atoms with Gasteiger partial charge < -0.3 is 9.52 Å². The highest BCUT2D eigenvalue weighted by molar-refractivity contribution is 5.84. The Bertz CT molecular complexity index is 748. The van der Waals surface area contributed by atoms with Crippen LogP contribution in [0.1, 0.15) is 57.8 Å². The fraction of sp³-hybridized carbons (Fsp3) is 0.619. The lowest BCUT2D eigenvalue weighted by Crippen LogP contribution is -2.53. The summed E-state index contributed by atoms with van der Waals surface area (Å²) in [5.74, 6) is 3.31. The lowest BCUT2D eigenvalue weighted by atomic mass is 9.77. The lowest BCUT2D eigenvalue weighted by Gasteiger charge is -2.47. The van der Waals surface area contributed by atoms with Gasteiger partial charge in [-0.15, -0.1) is 0 Å². The molecule has 5 atom stereocenters. The Labute approximate surface area is 144 Å². The molecule has 4 rings (SSSR count). The van der Waals surface area contributed by atoms with Crippen LogP contribution < -0.4 is 0 Å². The Hall–Kier alpha value is -1.48. The summed E-state index contributed by atoms with van der Waals surface area (Å²) in [5, 5.41) is 11.1. The minimum Gasteiger partial charge on any atom is -0.508 e. The molecule has 3 heteroatoms. The molecule has 0 radical (unpaired) electrons. The highest BCUT2D eigenvalue weighted by Gasteiger charge is 2.45. The summed E-state index contributed by atoms with van der Waals surface area (Å²) < 4.78 is 6.40. The quantitative estimate of drug-likeness (QED) is 0.850. The molecule has 2 aliphatic rings. The van der Waals surface area contributed by atoms with E-state index < -0.39 is 0 Å². The average molecular weight is 327 g/mol. The largest absolute Gasteiger partial charge is 0.508 e. The number of furan rings is 1. The van der Waals surface area contributed by atoms with Crippen LogP contribution >= 0.6 is 0 Å². The molecule has 2 bridgehead atoms. The van der Waals surface area contributed by atoms with Gasteiger partial charge in [-0.2, -0.15) is 0 Å². The van der Waals surface area contributed by atoms with Gasteiger partial charge in [-0.05, 0) is 49.3 Å². The Morgan fingerprint density at radius 1 is 1.33 bits per heavy atom. The van der Waals surface area contributed by atoms with Gasteiger partial charge in [0.05, 0.1) is 0 Å². The third-order valence-electron chi connectivity index (χ3n) is 6.18. The van der Waals surface area contributed by atoms with Crippen LogP contribution in [0.15, 0.2) is 22.6 Å². The Balaban J connectivity index is 1.93. The molecule has 0 spiro atoms. The molecule has 1 aromatic heterocycles. The molecule has 2 aliphatic heterocycles. The van der Waals surface area contributed by atoms with E-state index in [9.17, 15) is 5.11 Å². The molecule has 3 nitrogen and oxygen atoms in total. The number of aromatic hydroxyl groups is 1. The van der Waals surface area contributed by atoms with E-state index >= 15 is 0 Å². The highest BCUT2D eigenvalue weighted by atomic mass is 16.3. The van der Waals surface area contributed by atoms with Crippen molar-refractivity contribution in [2.75, 3.05) is 6.54 Å². The van der Waals surface area contributed by atoms with Crippen molar-refractivity contribution in [2.24, 2.45) is 11.8 Å². The Morgan fingerprint density at radius 3 is 2.83 bits per heavy atom. The van der Waals surface area contributed by atoms with E-state index in [0.29, 0.717) is 35.6 Å². The monoisotopic (exact) mass is 327 g/mol. The number of phenolic OH excluding ortho intramolecular Hbond substituents is 1. The molecule has 1 N–H and O–H groups in total. The summed E-state index contributed by atoms with van der Waals surface area (Å²) in [7, 11) is 0. The summed E-state index contributed by atoms with van der Waals surface area (Å²) in [6, 6.07) is 6.67. The normalized spacial score (nSPS) is 32.8. The number of fused-ring (bicyclic) bond motifs is 6. The van der Waals surface area contributed by atoms with E-state index in [1.54, 1.807) is 6.07 Å². The zero-order chi connectivity index (χ0) is 17.0. The smallest absolute Gasteiger partial charge is 0.134 e. The second kappa shape index (κ2) is 5.80. The second-order valence-electron chi connectivity index (χ2n) is 8.27. The van der Waals surface area contributed by atoms with Crippen molar-refractivity contribution in [2.45, 2.75) is 65.0 Å². The van der Waals surface area contributed by atoms with Gasteiger partial charge in [0.2, 0.25) is 0 Å². The van der Waals surface area contributed by atoms with E-state index in [1.165, 1.54) is 24.3 Å². The van der Waals surface area contributed by atoms with Crippen LogP contribution in [0.4, 0.5) is 0 Å². The van der Waals surface area contributed by atoms with Crippen LogP contribution in [-0.4, -0.2) is 28.6 Å². The zero-order valence-corrected chi connectivity index (χ0v) is 15.2. The van der Waals surface area contributed by atoms with Gasteiger partial charge in [0.1, 0.15) is 17.1 Å². The third kappa shape index (κ3) is 2.36. The fourth-order valence-corrected chi connectivity index (χ4v) is 5.26. The van der Waals surface area contributed by atoms with E-state index in [4.69, 9.17) is 4.42 Å². The molecule has 130 valence electrons. The number of phenols is 1. The van der Waals surface area contributed by atoms with Crippen LogP contribution in [0.2, 0.25) is 0 Å². The van der Waals surface area contributed by atoms with Gasteiger partial charge in [0.25, 0.3) is 0 Å². The Morgan fingerprint density at radius 2 is 2.12 bits per heavy atom. The van der Waals surface area contributed by atoms with Crippen LogP contribution in [0, 0.1) is 11.8 Å². The van der Waals surface area contributed by atoms with Crippen molar-refractivity contribution < 1.29 is 9.52 Å². The molecular weight excluding hydrogens is 298 g/mol. The third-order valence-corrected chi connectivity index (χ3v) is 6.18. The highest BCUT2D eigenvalue weighted by Crippen LogP contribution is 2.47. The average Bonchev–Trinajstić information content (AvgIpc) is 2.85. The maximum atomic E-state index is 9.96. The molecule has 0 amide bonds. The summed E-state index contributed by atoms with van der Waals surface area (Å²) in [6.07, 6.45) is 3.40. The first-order valence-electron chi connectivity index (χ1n) is 9.49. The number of hydrogen-bond acceptors (Lipinski definition) is 3. The van der Waals surface area contributed by atoms with Crippen LogP contribution in [-0.2, 0) is 6.42 Å². The molecule has 5 unspecified atom stereocenters. The second-order valence-corrected chi connectivity index (χ2v) is 8.27. The maximum absolute atomic E-state index is 9.96. The van der Waals surface area contributed by atoms with Crippen molar-refractivity contribution in [3.05, 3.63) is 29.5 Å². The maximum Gasteiger partial charge on any atom is 0.134 e. The number of benzene rings is 1. The topological polar surface area (TPSA) is 36.6 Å².